The Hall–Kier alpha value is -2.97. The Morgan fingerprint density at radius 1 is 0.966 bits per heavy atom. The molecule has 0 aliphatic carbocycles. The number of aromatic nitrogens is 7. The first-order chi connectivity index (χ1) is 14.1. The molecule has 1 aromatic carbocycles. The SMILES string of the molecule is COc1ccnc(-c2nnc3n2C[C@H](C)n2c(-c4ccc(Cl)cc4Cl)nnc2-3)c1. The molecule has 0 bridgehead atoms. The number of hydrogen-bond donors (Lipinski definition) is 0. The molecular weight excluding hydrogens is 413 g/mol. The third kappa shape index (κ3) is 2.87. The number of methoxy groups -OCH3 is 1. The van der Waals surface area contributed by atoms with E-state index in [1.165, 1.54) is 0 Å². The van der Waals surface area contributed by atoms with Gasteiger partial charge < -0.3 is 9.30 Å². The van der Waals surface area contributed by atoms with E-state index >= 15 is 0 Å². The Kier molecular flexibility index (Phi) is 4.25. The third-order valence-electron chi connectivity index (χ3n) is 4.90. The minimum Gasteiger partial charge on any atom is -0.497 e. The fourth-order valence-electron chi connectivity index (χ4n) is 3.55. The summed E-state index contributed by atoms with van der Waals surface area (Å²) in [6, 6.07) is 9.00. The van der Waals surface area contributed by atoms with Crippen molar-refractivity contribution in [3.05, 3.63) is 46.6 Å². The second-order valence-corrected chi connectivity index (χ2v) is 7.57. The molecule has 4 aromatic rings. The van der Waals surface area contributed by atoms with Crippen LogP contribution in [0.4, 0.5) is 0 Å². The Labute approximate surface area is 176 Å². The summed E-state index contributed by atoms with van der Waals surface area (Å²) in [5, 5.41) is 18.6. The van der Waals surface area contributed by atoms with E-state index in [2.05, 4.69) is 32.3 Å². The Morgan fingerprint density at radius 3 is 2.52 bits per heavy atom. The quantitative estimate of drug-likeness (QED) is 0.488. The van der Waals surface area contributed by atoms with Crippen LogP contribution in [0.3, 0.4) is 0 Å². The minimum absolute atomic E-state index is 0.0506. The van der Waals surface area contributed by atoms with Gasteiger partial charge in [0.05, 0.1) is 18.2 Å². The Balaban J connectivity index is 1.64. The number of nitrogens with zero attached hydrogens (tertiary/aromatic N) is 7. The highest BCUT2D eigenvalue weighted by molar-refractivity contribution is 6.36. The lowest BCUT2D eigenvalue weighted by Crippen LogP contribution is -2.22. The summed E-state index contributed by atoms with van der Waals surface area (Å²) in [6.45, 7) is 2.73. The zero-order valence-electron chi connectivity index (χ0n) is 15.5. The molecule has 10 heteroatoms. The van der Waals surface area contributed by atoms with Gasteiger partial charge in [-0.1, -0.05) is 23.2 Å². The zero-order chi connectivity index (χ0) is 20.1. The highest BCUT2D eigenvalue weighted by Gasteiger charge is 2.31. The van der Waals surface area contributed by atoms with Crippen LogP contribution >= 0.6 is 23.2 Å². The van der Waals surface area contributed by atoms with Crippen molar-refractivity contribution in [2.24, 2.45) is 0 Å². The number of hydrogen-bond acceptors (Lipinski definition) is 6. The van der Waals surface area contributed by atoms with Crippen molar-refractivity contribution < 1.29 is 4.74 Å². The van der Waals surface area contributed by atoms with Gasteiger partial charge in [-0.25, -0.2) is 0 Å². The number of fused-ring (bicyclic) bond motifs is 3. The second kappa shape index (κ2) is 6.82. The number of ether oxygens (including phenoxy) is 1. The molecular formula is C19H15Cl2N7O. The predicted octanol–water partition coefficient (Wildman–Crippen LogP) is 4.16. The minimum atomic E-state index is 0.0506. The van der Waals surface area contributed by atoms with Crippen LogP contribution in [0.25, 0.3) is 34.6 Å². The first-order valence-corrected chi connectivity index (χ1v) is 9.66. The van der Waals surface area contributed by atoms with Crippen molar-refractivity contribution in [2.45, 2.75) is 19.5 Å². The van der Waals surface area contributed by atoms with Crippen molar-refractivity contribution in [2.75, 3.05) is 7.11 Å². The van der Waals surface area contributed by atoms with Gasteiger partial charge in [0.25, 0.3) is 0 Å². The average Bonchev–Trinajstić information content (AvgIpc) is 3.33. The van der Waals surface area contributed by atoms with Crippen LogP contribution in [-0.2, 0) is 6.54 Å². The van der Waals surface area contributed by atoms with Crippen LogP contribution in [-0.4, -0.2) is 41.6 Å². The third-order valence-corrected chi connectivity index (χ3v) is 5.45. The molecule has 4 heterocycles. The molecule has 0 unspecified atom stereocenters. The summed E-state index contributed by atoms with van der Waals surface area (Å²) in [4.78, 5) is 4.42. The van der Waals surface area contributed by atoms with Crippen molar-refractivity contribution in [1.29, 1.82) is 0 Å². The molecule has 0 spiro atoms. The first-order valence-electron chi connectivity index (χ1n) is 8.91. The molecule has 0 radical (unpaired) electrons. The molecule has 146 valence electrons. The Morgan fingerprint density at radius 2 is 1.72 bits per heavy atom. The molecule has 5 rings (SSSR count). The number of halogens is 2. The summed E-state index contributed by atoms with van der Waals surface area (Å²) in [5.41, 5.74) is 1.45. The standard InChI is InChI=1S/C19H15Cl2N7O/c1-10-9-27-17(15-8-12(29-2)5-6-22-15)24-25-18(27)19-26-23-16(28(10)19)13-4-3-11(20)7-14(13)21/h3-8,10H,9H2,1-2H3/t10-/m0/s1. The zero-order valence-corrected chi connectivity index (χ0v) is 17.1. The van der Waals surface area contributed by atoms with E-state index in [-0.39, 0.29) is 6.04 Å². The molecule has 3 aromatic heterocycles. The fraction of sp³-hybridized carbons (Fsp3) is 0.211. The topological polar surface area (TPSA) is 83.5 Å². The van der Waals surface area contributed by atoms with Gasteiger partial charge in [-0.05, 0) is 31.2 Å². The molecule has 0 fully saturated rings. The van der Waals surface area contributed by atoms with E-state index in [4.69, 9.17) is 27.9 Å². The van der Waals surface area contributed by atoms with E-state index in [9.17, 15) is 0 Å². The van der Waals surface area contributed by atoms with E-state index in [1.54, 1.807) is 31.5 Å². The maximum absolute atomic E-state index is 6.41. The van der Waals surface area contributed by atoms with Gasteiger partial charge in [0, 0.05) is 29.4 Å². The van der Waals surface area contributed by atoms with Crippen LogP contribution in [0, 0.1) is 0 Å². The van der Waals surface area contributed by atoms with E-state index in [0.717, 1.165) is 5.56 Å². The molecule has 1 aliphatic heterocycles. The van der Waals surface area contributed by atoms with Crippen LogP contribution in [0.5, 0.6) is 5.75 Å². The van der Waals surface area contributed by atoms with E-state index < -0.39 is 0 Å². The summed E-state index contributed by atoms with van der Waals surface area (Å²) in [7, 11) is 1.62. The second-order valence-electron chi connectivity index (χ2n) is 6.73. The smallest absolute Gasteiger partial charge is 0.202 e. The van der Waals surface area contributed by atoms with Crippen molar-refractivity contribution in [3.8, 4) is 40.3 Å². The summed E-state index contributed by atoms with van der Waals surface area (Å²) < 4.78 is 9.33. The predicted molar refractivity (Wildman–Crippen MR) is 109 cm³/mol. The van der Waals surface area contributed by atoms with Gasteiger partial charge in [-0.2, -0.15) is 0 Å². The van der Waals surface area contributed by atoms with E-state index in [1.807, 2.05) is 21.3 Å². The van der Waals surface area contributed by atoms with Gasteiger partial charge in [0.1, 0.15) is 11.4 Å². The highest BCUT2D eigenvalue weighted by atomic mass is 35.5. The fourth-order valence-corrected chi connectivity index (χ4v) is 4.05. The first kappa shape index (κ1) is 18.1. The van der Waals surface area contributed by atoms with Gasteiger partial charge in [0.2, 0.25) is 11.6 Å². The molecule has 0 saturated carbocycles. The molecule has 1 atom stereocenters. The monoisotopic (exact) mass is 427 g/mol. The van der Waals surface area contributed by atoms with Gasteiger partial charge in [0.15, 0.2) is 11.6 Å². The average molecular weight is 428 g/mol. The number of rotatable bonds is 3. The van der Waals surface area contributed by atoms with Crippen LogP contribution in [0.15, 0.2) is 36.5 Å². The lowest BCUT2D eigenvalue weighted by molar-refractivity contribution is 0.414. The summed E-state index contributed by atoms with van der Waals surface area (Å²) >= 11 is 12.4. The number of benzene rings is 1. The van der Waals surface area contributed by atoms with Gasteiger partial charge in [-0.3, -0.25) is 9.55 Å². The maximum atomic E-state index is 6.41. The van der Waals surface area contributed by atoms with Gasteiger partial charge >= 0.3 is 0 Å². The molecule has 0 amide bonds. The molecule has 8 nitrogen and oxygen atoms in total. The number of pyridine rings is 1. The lowest BCUT2D eigenvalue weighted by Gasteiger charge is -2.24. The van der Waals surface area contributed by atoms with Crippen LogP contribution in [0.1, 0.15) is 13.0 Å². The van der Waals surface area contributed by atoms with Gasteiger partial charge in [-0.15, -0.1) is 20.4 Å². The van der Waals surface area contributed by atoms with Crippen molar-refractivity contribution >= 4 is 23.2 Å². The van der Waals surface area contributed by atoms with Crippen molar-refractivity contribution in [3.63, 3.8) is 0 Å². The van der Waals surface area contributed by atoms with E-state index in [0.29, 0.717) is 51.3 Å². The van der Waals surface area contributed by atoms with Crippen molar-refractivity contribution in [1.82, 2.24) is 34.5 Å². The molecule has 0 N–H and O–H groups in total. The summed E-state index contributed by atoms with van der Waals surface area (Å²) in [5.74, 6) is 3.30. The molecule has 0 saturated heterocycles. The largest absolute Gasteiger partial charge is 0.497 e. The van der Waals surface area contributed by atoms with Crippen LogP contribution < -0.4 is 4.74 Å². The molecule has 29 heavy (non-hydrogen) atoms. The Bertz CT molecular complexity index is 1230. The molecule has 1 aliphatic rings. The highest BCUT2D eigenvalue weighted by Crippen LogP contribution is 2.37. The summed E-state index contributed by atoms with van der Waals surface area (Å²) in [6.07, 6.45) is 1.69. The van der Waals surface area contributed by atoms with Crippen LogP contribution in [0.2, 0.25) is 10.0 Å². The lowest BCUT2D eigenvalue weighted by atomic mass is 10.1. The maximum Gasteiger partial charge on any atom is 0.202 e. The normalized spacial score (nSPS) is 15.1.